The molecule has 0 spiro atoms. The number of anilines is 1. The van der Waals surface area contributed by atoms with Crippen LogP contribution in [0.4, 0.5) is 5.69 Å². The van der Waals surface area contributed by atoms with Crippen LogP contribution < -0.4 is 44.7 Å². The van der Waals surface area contributed by atoms with Gasteiger partial charge in [-0.25, -0.2) is 0 Å². The van der Waals surface area contributed by atoms with Gasteiger partial charge in [-0.2, -0.15) is 0 Å². The number of methoxy groups -OCH3 is 1. The van der Waals surface area contributed by atoms with Crippen molar-refractivity contribution in [2.45, 2.75) is 0 Å². The van der Waals surface area contributed by atoms with Crippen LogP contribution in [0.25, 0.3) is 10.8 Å². The van der Waals surface area contributed by atoms with E-state index in [0.717, 1.165) is 10.8 Å². The minimum absolute atomic E-state index is 0. The molecule has 0 saturated carbocycles. The number of nitrogens with one attached hydrogen (secondary N) is 1. The van der Waals surface area contributed by atoms with Gasteiger partial charge in [0.25, 0.3) is 5.91 Å². The summed E-state index contributed by atoms with van der Waals surface area (Å²) in [5, 5.41) is 16.9. The molecule has 3 rings (SSSR count). The predicted octanol–water partition coefficient (Wildman–Crippen LogP) is 0.832. The van der Waals surface area contributed by atoms with Gasteiger partial charge in [0, 0.05) is 10.6 Å². The van der Waals surface area contributed by atoms with Gasteiger partial charge in [-0.1, -0.05) is 47.7 Å². The van der Waals surface area contributed by atoms with Crippen molar-refractivity contribution < 1.29 is 44.2 Å². The van der Waals surface area contributed by atoms with Gasteiger partial charge < -0.3 is 15.2 Å². The van der Waals surface area contributed by atoms with E-state index in [4.69, 9.17) is 16.3 Å². The molecule has 6 heteroatoms. The Morgan fingerprint density at radius 2 is 1.75 bits per heavy atom. The fourth-order valence-corrected chi connectivity index (χ4v) is 2.54. The van der Waals surface area contributed by atoms with Crippen LogP contribution in [-0.4, -0.2) is 13.0 Å². The Bertz CT molecular complexity index is 899. The molecule has 116 valence electrons. The fraction of sp³-hybridized carbons (Fsp3) is 0.0556. The first kappa shape index (κ1) is 18.6. The number of rotatable bonds is 3. The quantitative estimate of drug-likeness (QED) is 0.713. The molecular weight excluding hydrogens is 337 g/mol. The average Bonchev–Trinajstić information content (AvgIpc) is 2.54. The SMILES string of the molecule is COc1ccc(Cl)cc1NC(=O)c1cc2ccccc2cc1[O-].[Na+]. The van der Waals surface area contributed by atoms with Crippen LogP contribution in [0, 0.1) is 0 Å². The number of carbonyl (C=O) groups is 1. The number of ether oxygens (including phenoxy) is 1. The summed E-state index contributed by atoms with van der Waals surface area (Å²) in [6.45, 7) is 0. The van der Waals surface area contributed by atoms with Crippen LogP contribution in [0.3, 0.4) is 0 Å². The minimum Gasteiger partial charge on any atom is -0.872 e. The van der Waals surface area contributed by atoms with Crippen LogP contribution in [0.15, 0.2) is 54.6 Å². The first-order valence-corrected chi connectivity index (χ1v) is 7.31. The third-order valence-corrected chi connectivity index (χ3v) is 3.74. The molecule has 0 aliphatic rings. The van der Waals surface area contributed by atoms with E-state index < -0.39 is 5.91 Å². The van der Waals surface area contributed by atoms with Crippen LogP contribution in [0.2, 0.25) is 5.02 Å². The second-order valence-electron chi connectivity index (χ2n) is 4.99. The monoisotopic (exact) mass is 349 g/mol. The van der Waals surface area contributed by atoms with Crippen molar-refractivity contribution in [3.63, 3.8) is 0 Å². The maximum absolute atomic E-state index is 12.4. The molecule has 0 aliphatic carbocycles. The molecule has 0 atom stereocenters. The first-order valence-electron chi connectivity index (χ1n) is 6.93. The molecule has 3 aromatic rings. The molecule has 24 heavy (non-hydrogen) atoms. The summed E-state index contributed by atoms with van der Waals surface area (Å²) >= 11 is 5.94. The third kappa shape index (κ3) is 3.84. The van der Waals surface area contributed by atoms with Gasteiger partial charge in [0.2, 0.25) is 0 Å². The first-order chi connectivity index (χ1) is 11.1. The molecule has 3 aromatic carbocycles. The summed E-state index contributed by atoms with van der Waals surface area (Å²) in [7, 11) is 1.49. The zero-order valence-electron chi connectivity index (χ0n) is 13.3. The average molecular weight is 350 g/mol. The Balaban J connectivity index is 0.00000208. The summed E-state index contributed by atoms with van der Waals surface area (Å²) in [6.07, 6.45) is 0. The van der Waals surface area contributed by atoms with Gasteiger partial charge in [-0.3, -0.25) is 4.79 Å². The number of halogens is 1. The van der Waals surface area contributed by atoms with E-state index in [0.29, 0.717) is 16.5 Å². The number of carbonyl (C=O) groups excluding carboxylic acids is 1. The van der Waals surface area contributed by atoms with E-state index in [1.807, 2.05) is 24.3 Å². The van der Waals surface area contributed by atoms with Gasteiger partial charge in [-0.15, -0.1) is 0 Å². The Labute approximate surface area is 166 Å². The third-order valence-electron chi connectivity index (χ3n) is 3.50. The zero-order chi connectivity index (χ0) is 16.4. The largest absolute Gasteiger partial charge is 1.00 e. The summed E-state index contributed by atoms with van der Waals surface area (Å²) in [5.41, 5.74) is 0.489. The van der Waals surface area contributed by atoms with E-state index >= 15 is 0 Å². The van der Waals surface area contributed by atoms with Crippen LogP contribution >= 0.6 is 11.6 Å². The van der Waals surface area contributed by atoms with Crippen molar-refractivity contribution in [3.8, 4) is 11.5 Å². The normalized spacial score (nSPS) is 10.1. The van der Waals surface area contributed by atoms with Crippen LogP contribution in [-0.2, 0) is 0 Å². The fourth-order valence-electron chi connectivity index (χ4n) is 2.36. The van der Waals surface area contributed by atoms with Gasteiger partial charge in [0.15, 0.2) is 0 Å². The van der Waals surface area contributed by atoms with E-state index in [1.54, 1.807) is 24.3 Å². The standard InChI is InChI=1S/C18H14ClNO3.Na/c1-23-17-7-6-13(19)10-15(17)20-18(22)14-8-11-4-2-3-5-12(11)9-16(14)21;/h2-10,21H,1H3,(H,20,22);/q;+1/p-1. The summed E-state index contributed by atoms with van der Waals surface area (Å²) in [4.78, 5) is 12.4. The van der Waals surface area contributed by atoms with Crippen LogP contribution in [0.5, 0.6) is 11.5 Å². The molecular formula is C18H13ClNNaO3. The summed E-state index contributed by atoms with van der Waals surface area (Å²) in [6, 6.07) is 15.3. The van der Waals surface area contributed by atoms with Gasteiger partial charge in [0.1, 0.15) is 5.75 Å². The zero-order valence-corrected chi connectivity index (χ0v) is 16.1. The van der Waals surface area contributed by atoms with Crippen molar-refractivity contribution in [2.75, 3.05) is 12.4 Å². The summed E-state index contributed by atoms with van der Waals surface area (Å²) < 4.78 is 5.19. The molecule has 0 radical (unpaired) electrons. The molecule has 0 fully saturated rings. The number of amides is 1. The minimum atomic E-state index is -0.499. The molecule has 0 saturated heterocycles. The molecule has 4 nitrogen and oxygen atoms in total. The Kier molecular flexibility index (Phi) is 6.13. The Morgan fingerprint density at radius 1 is 1.08 bits per heavy atom. The van der Waals surface area contributed by atoms with Gasteiger partial charge in [0.05, 0.1) is 12.8 Å². The smallest absolute Gasteiger partial charge is 0.872 e. The van der Waals surface area contributed by atoms with E-state index in [2.05, 4.69) is 5.32 Å². The molecule has 0 bridgehead atoms. The van der Waals surface area contributed by atoms with Crippen molar-refractivity contribution in [1.29, 1.82) is 0 Å². The molecule has 0 aromatic heterocycles. The molecule has 1 amide bonds. The number of benzene rings is 3. The van der Waals surface area contributed by atoms with Crippen molar-refractivity contribution in [3.05, 3.63) is 65.2 Å². The van der Waals surface area contributed by atoms with E-state index in [9.17, 15) is 9.90 Å². The Hall–Kier alpha value is -1.72. The van der Waals surface area contributed by atoms with Crippen molar-refractivity contribution >= 4 is 34.0 Å². The maximum Gasteiger partial charge on any atom is 1.00 e. The number of hydrogen-bond donors (Lipinski definition) is 1. The Morgan fingerprint density at radius 3 is 2.42 bits per heavy atom. The molecule has 0 heterocycles. The number of fused-ring (bicyclic) bond motifs is 1. The van der Waals surface area contributed by atoms with Gasteiger partial charge in [-0.05, 0) is 35.0 Å². The maximum atomic E-state index is 12.4. The van der Waals surface area contributed by atoms with Crippen molar-refractivity contribution in [1.82, 2.24) is 0 Å². The number of hydrogen-bond acceptors (Lipinski definition) is 3. The van der Waals surface area contributed by atoms with Crippen molar-refractivity contribution in [2.24, 2.45) is 0 Å². The summed E-state index contributed by atoms with van der Waals surface area (Å²) in [5.74, 6) is -0.362. The van der Waals surface area contributed by atoms with E-state index in [1.165, 1.54) is 13.2 Å². The van der Waals surface area contributed by atoms with Gasteiger partial charge >= 0.3 is 29.6 Å². The molecule has 0 aliphatic heterocycles. The van der Waals surface area contributed by atoms with E-state index in [-0.39, 0.29) is 40.9 Å². The second kappa shape index (κ2) is 7.90. The molecule has 1 N–H and O–H groups in total. The second-order valence-corrected chi connectivity index (χ2v) is 5.43. The predicted molar refractivity (Wildman–Crippen MR) is 89.4 cm³/mol. The van der Waals surface area contributed by atoms with Crippen LogP contribution in [0.1, 0.15) is 10.4 Å². The molecule has 0 unspecified atom stereocenters. The topological polar surface area (TPSA) is 61.4 Å².